The van der Waals surface area contributed by atoms with E-state index in [4.69, 9.17) is 0 Å². The van der Waals surface area contributed by atoms with Gasteiger partial charge in [-0.3, -0.25) is 0 Å². The summed E-state index contributed by atoms with van der Waals surface area (Å²) in [5.74, 6) is 3.55. The lowest BCUT2D eigenvalue weighted by molar-refractivity contribution is 0.303. The molecule has 0 nitrogen and oxygen atoms in total. The van der Waals surface area contributed by atoms with Gasteiger partial charge in [0.15, 0.2) is 0 Å². The first-order valence-corrected chi connectivity index (χ1v) is 13.5. The Balaban J connectivity index is 1.30. The van der Waals surface area contributed by atoms with Gasteiger partial charge in [0.25, 0.3) is 0 Å². The maximum Gasteiger partial charge on any atom is -0.0159 e. The fourth-order valence-electron chi connectivity index (χ4n) is 6.41. The lowest BCUT2D eigenvalue weighted by Gasteiger charge is -2.29. The molecule has 0 unspecified atom stereocenters. The van der Waals surface area contributed by atoms with Crippen molar-refractivity contribution in [1.29, 1.82) is 0 Å². The lowest BCUT2D eigenvalue weighted by atomic mass is 9.77. The normalized spacial score (nSPS) is 26.3. The van der Waals surface area contributed by atoms with Crippen LogP contribution < -0.4 is 0 Å². The molecule has 0 aliphatic heterocycles. The predicted molar refractivity (Wildman–Crippen MR) is 136 cm³/mol. The minimum atomic E-state index is 0.789. The molecule has 2 aliphatic carbocycles. The fourth-order valence-corrected chi connectivity index (χ4v) is 6.41. The number of rotatable bonds is 9. The Morgan fingerprint density at radius 3 is 1.68 bits per heavy atom. The van der Waals surface area contributed by atoms with Gasteiger partial charge in [-0.1, -0.05) is 101 Å². The van der Waals surface area contributed by atoms with Crippen LogP contribution in [0, 0.1) is 11.8 Å². The van der Waals surface area contributed by atoms with Crippen molar-refractivity contribution in [1.82, 2.24) is 0 Å². The fraction of sp³-hybridized carbons (Fsp3) is 0.613. The molecular formula is C31H44. The summed E-state index contributed by atoms with van der Waals surface area (Å²) < 4.78 is 0. The lowest BCUT2D eigenvalue weighted by Crippen LogP contribution is -2.13. The Labute approximate surface area is 191 Å². The van der Waals surface area contributed by atoms with Gasteiger partial charge in [0.1, 0.15) is 0 Å². The van der Waals surface area contributed by atoms with Crippen LogP contribution in [0.25, 0.3) is 11.1 Å². The molecule has 0 amide bonds. The molecule has 0 radical (unpaired) electrons. The van der Waals surface area contributed by atoms with Crippen molar-refractivity contribution in [3.05, 3.63) is 59.7 Å². The molecule has 2 saturated carbocycles. The van der Waals surface area contributed by atoms with Crippen LogP contribution in [-0.2, 0) is 0 Å². The van der Waals surface area contributed by atoms with Crippen molar-refractivity contribution in [2.75, 3.05) is 0 Å². The van der Waals surface area contributed by atoms with E-state index in [2.05, 4.69) is 62.4 Å². The molecule has 2 aliphatic rings. The smallest absolute Gasteiger partial charge is 0.0159 e. The molecule has 0 aromatic heterocycles. The summed E-state index contributed by atoms with van der Waals surface area (Å²) in [6.07, 6.45) is 18.3. The number of unbranched alkanes of at least 4 members (excludes halogenated alkanes) is 2. The zero-order chi connectivity index (χ0) is 21.5. The van der Waals surface area contributed by atoms with Crippen molar-refractivity contribution in [3.63, 3.8) is 0 Å². The summed E-state index contributed by atoms with van der Waals surface area (Å²) in [6, 6.07) is 19.1. The van der Waals surface area contributed by atoms with Gasteiger partial charge in [0.2, 0.25) is 0 Å². The largest absolute Gasteiger partial charge is 0.0654 e. The Hall–Kier alpha value is -1.56. The monoisotopic (exact) mass is 416 g/mol. The van der Waals surface area contributed by atoms with E-state index in [1.165, 1.54) is 94.6 Å². The third-order valence-corrected chi connectivity index (χ3v) is 8.40. The predicted octanol–water partition coefficient (Wildman–Crippen LogP) is 9.89. The van der Waals surface area contributed by atoms with Gasteiger partial charge in [-0.2, -0.15) is 0 Å². The van der Waals surface area contributed by atoms with Crippen molar-refractivity contribution in [2.45, 2.75) is 109 Å². The van der Waals surface area contributed by atoms with Crippen LogP contribution in [-0.4, -0.2) is 0 Å². The number of benzene rings is 2. The van der Waals surface area contributed by atoms with Crippen LogP contribution in [0.3, 0.4) is 0 Å². The molecule has 2 atom stereocenters. The second kappa shape index (κ2) is 11.3. The molecule has 0 bridgehead atoms. The third kappa shape index (κ3) is 6.03. The van der Waals surface area contributed by atoms with Crippen LogP contribution >= 0.6 is 0 Å². The molecule has 168 valence electrons. The second-order valence-electron chi connectivity index (χ2n) is 10.6. The minimum Gasteiger partial charge on any atom is -0.0654 e. The number of hydrogen-bond acceptors (Lipinski definition) is 0. The molecule has 0 heterocycles. The molecule has 4 rings (SSSR count). The maximum atomic E-state index is 2.41. The van der Waals surface area contributed by atoms with Gasteiger partial charge in [-0.05, 0) is 90.9 Å². The summed E-state index contributed by atoms with van der Waals surface area (Å²) in [4.78, 5) is 0. The summed E-state index contributed by atoms with van der Waals surface area (Å²) >= 11 is 0. The van der Waals surface area contributed by atoms with Crippen LogP contribution in [0.5, 0.6) is 0 Å². The maximum absolute atomic E-state index is 2.41. The first-order valence-electron chi connectivity index (χ1n) is 13.5. The van der Waals surface area contributed by atoms with E-state index in [0.29, 0.717) is 0 Å². The highest BCUT2D eigenvalue weighted by Crippen LogP contribution is 2.41. The van der Waals surface area contributed by atoms with Crippen molar-refractivity contribution in [2.24, 2.45) is 11.8 Å². The van der Waals surface area contributed by atoms with Gasteiger partial charge in [0.05, 0.1) is 0 Å². The van der Waals surface area contributed by atoms with Crippen molar-refractivity contribution >= 4 is 0 Å². The van der Waals surface area contributed by atoms with Crippen LogP contribution in [0.2, 0.25) is 0 Å². The van der Waals surface area contributed by atoms with E-state index >= 15 is 0 Å². The highest BCUT2D eigenvalue weighted by molar-refractivity contribution is 5.64. The molecule has 0 heteroatoms. The average Bonchev–Trinajstić information content (AvgIpc) is 3.29. The van der Waals surface area contributed by atoms with E-state index in [1.54, 1.807) is 11.1 Å². The van der Waals surface area contributed by atoms with E-state index in [0.717, 1.165) is 23.7 Å². The van der Waals surface area contributed by atoms with Gasteiger partial charge < -0.3 is 0 Å². The summed E-state index contributed by atoms with van der Waals surface area (Å²) in [5.41, 5.74) is 5.88. The number of hydrogen-bond donors (Lipinski definition) is 0. The van der Waals surface area contributed by atoms with E-state index in [-0.39, 0.29) is 0 Å². The standard InChI is InChI=1S/C31H44/c1-3-5-6-8-24-9-12-26(13-10-24)27-15-17-28(18-16-27)29-19-21-30(22-20-29)31-14-11-25(23-31)7-4-2/h15-22,24-26,31H,3-14,23H2,1-2H3/t24?,25-,26?,31+/m0/s1. The summed E-state index contributed by atoms with van der Waals surface area (Å²) in [5, 5.41) is 0. The molecule has 31 heavy (non-hydrogen) atoms. The van der Waals surface area contributed by atoms with Crippen LogP contribution in [0.4, 0.5) is 0 Å². The third-order valence-electron chi connectivity index (χ3n) is 8.40. The van der Waals surface area contributed by atoms with E-state index < -0.39 is 0 Å². The highest BCUT2D eigenvalue weighted by Gasteiger charge is 2.25. The SMILES string of the molecule is CCCCCC1CCC(c2ccc(-c3ccc([C@@H]4CC[C@H](CCC)C4)cc3)cc2)CC1. The molecule has 0 saturated heterocycles. The summed E-state index contributed by atoms with van der Waals surface area (Å²) in [7, 11) is 0. The van der Waals surface area contributed by atoms with Gasteiger partial charge in [-0.15, -0.1) is 0 Å². The highest BCUT2D eigenvalue weighted by atomic mass is 14.3. The molecule has 0 N–H and O–H groups in total. The molecule has 2 aromatic carbocycles. The topological polar surface area (TPSA) is 0 Å². The van der Waals surface area contributed by atoms with E-state index in [1.807, 2.05) is 0 Å². The minimum absolute atomic E-state index is 0.789. The van der Waals surface area contributed by atoms with Crippen molar-refractivity contribution < 1.29 is 0 Å². The Morgan fingerprint density at radius 1 is 0.548 bits per heavy atom. The van der Waals surface area contributed by atoms with Gasteiger partial charge in [-0.25, -0.2) is 0 Å². The molecule has 0 spiro atoms. The van der Waals surface area contributed by atoms with E-state index in [9.17, 15) is 0 Å². The Morgan fingerprint density at radius 2 is 1.10 bits per heavy atom. The zero-order valence-corrected chi connectivity index (χ0v) is 20.1. The van der Waals surface area contributed by atoms with Crippen LogP contribution in [0.15, 0.2) is 48.5 Å². The van der Waals surface area contributed by atoms with Crippen LogP contribution in [0.1, 0.15) is 120 Å². The Bertz CT molecular complexity index is 761. The molecule has 2 fully saturated rings. The summed E-state index contributed by atoms with van der Waals surface area (Å²) in [6.45, 7) is 4.64. The quantitative estimate of drug-likeness (QED) is 0.357. The second-order valence-corrected chi connectivity index (χ2v) is 10.6. The first-order chi connectivity index (χ1) is 15.3. The molecule has 2 aromatic rings. The Kier molecular flexibility index (Phi) is 8.28. The average molecular weight is 417 g/mol. The van der Waals surface area contributed by atoms with Gasteiger partial charge in [0, 0.05) is 0 Å². The zero-order valence-electron chi connectivity index (χ0n) is 20.1. The molecular weight excluding hydrogens is 372 g/mol. The van der Waals surface area contributed by atoms with Crippen molar-refractivity contribution in [3.8, 4) is 11.1 Å². The van der Waals surface area contributed by atoms with Gasteiger partial charge >= 0.3 is 0 Å². The first kappa shape index (κ1) is 22.6.